The van der Waals surface area contributed by atoms with E-state index in [0.717, 1.165) is 23.5 Å². The fraction of sp³-hybridized carbons (Fsp3) is 0.533. The Bertz CT molecular complexity index is 399. The highest BCUT2D eigenvalue weighted by molar-refractivity contribution is 5.97. The van der Waals surface area contributed by atoms with E-state index in [1.165, 1.54) is 0 Å². The first-order valence-corrected chi connectivity index (χ1v) is 6.62. The lowest BCUT2D eigenvalue weighted by molar-refractivity contribution is 0.0968. The van der Waals surface area contributed by atoms with Crippen molar-refractivity contribution in [1.82, 2.24) is 0 Å². The van der Waals surface area contributed by atoms with Crippen molar-refractivity contribution in [2.45, 2.75) is 34.1 Å². The standard InChI is InChI=1S/C15H23NO2/c1-5-16-13-10-12(14(17)9-11(3)4)7-8-15(13)18-6-2/h7-8,10-11,16H,5-6,9H2,1-4H3. The molecule has 0 saturated heterocycles. The largest absolute Gasteiger partial charge is 0.492 e. The fourth-order valence-corrected chi connectivity index (χ4v) is 1.80. The second-order valence-electron chi connectivity index (χ2n) is 4.70. The predicted molar refractivity (Wildman–Crippen MR) is 75.6 cm³/mol. The van der Waals surface area contributed by atoms with Crippen LogP contribution >= 0.6 is 0 Å². The summed E-state index contributed by atoms with van der Waals surface area (Å²) in [5.41, 5.74) is 1.65. The normalized spacial score (nSPS) is 10.5. The number of carbonyl (C=O) groups excluding carboxylic acids is 1. The van der Waals surface area contributed by atoms with E-state index in [1.54, 1.807) is 0 Å². The third kappa shape index (κ3) is 4.06. The fourth-order valence-electron chi connectivity index (χ4n) is 1.80. The monoisotopic (exact) mass is 249 g/mol. The zero-order chi connectivity index (χ0) is 13.5. The quantitative estimate of drug-likeness (QED) is 0.748. The van der Waals surface area contributed by atoms with Crippen molar-refractivity contribution in [2.24, 2.45) is 5.92 Å². The van der Waals surface area contributed by atoms with Crippen LogP contribution in [0.1, 0.15) is 44.5 Å². The Morgan fingerprint density at radius 1 is 1.33 bits per heavy atom. The van der Waals surface area contributed by atoms with Crippen LogP contribution in [0.25, 0.3) is 0 Å². The van der Waals surface area contributed by atoms with Crippen LogP contribution < -0.4 is 10.1 Å². The van der Waals surface area contributed by atoms with Crippen molar-refractivity contribution in [3.63, 3.8) is 0 Å². The molecule has 3 nitrogen and oxygen atoms in total. The van der Waals surface area contributed by atoms with E-state index in [4.69, 9.17) is 4.74 Å². The Balaban J connectivity index is 2.94. The summed E-state index contributed by atoms with van der Waals surface area (Å²) in [5, 5.41) is 3.23. The molecule has 0 spiro atoms. The molecule has 0 unspecified atom stereocenters. The number of Topliss-reactive ketones (excluding diaryl/α,β-unsaturated/α-hetero) is 1. The number of rotatable bonds is 7. The Labute approximate surface area is 110 Å². The minimum Gasteiger partial charge on any atom is -0.492 e. The van der Waals surface area contributed by atoms with E-state index in [-0.39, 0.29) is 5.78 Å². The minimum absolute atomic E-state index is 0.187. The van der Waals surface area contributed by atoms with Gasteiger partial charge in [-0.2, -0.15) is 0 Å². The summed E-state index contributed by atoms with van der Waals surface area (Å²) < 4.78 is 5.53. The molecule has 1 aromatic carbocycles. The molecule has 0 amide bonds. The summed E-state index contributed by atoms with van der Waals surface area (Å²) in [6, 6.07) is 5.60. The molecule has 1 rings (SSSR count). The molecule has 1 N–H and O–H groups in total. The minimum atomic E-state index is 0.187. The van der Waals surface area contributed by atoms with Gasteiger partial charge in [-0.15, -0.1) is 0 Å². The van der Waals surface area contributed by atoms with Crippen molar-refractivity contribution < 1.29 is 9.53 Å². The highest BCUT2D eigenvalue weighted by atomic mass is 16.5. The summed E-state index contributed by atoms with van der Waals surface area (Å²) in [7, 11) is 0. The molecule has 0 aliphatic rings. The number of ketones is 1. The number of nitrogens with one attached hydrogen (secondary N) is 1. The first kappa shape index (κ1) is 14.6. The number of ether oxygens (including phenoxy) is 1. The van der Waals surface area contributed by atoms with Gasteiger partial charge in [-0.3, -0.25) is 4.79 Å². The van der Waals surface area contributed by atoms with E-state index in [0.29, 0.717) is 18.9 Å². The third-order valence-electron chi connectivity index (χ3n) is 2.56. The average molecular weight is 249 g/mol. The predicted octanol–water partition coefficient (Wildman–Crippen LogP) is 3.75. The lowest BCUT2D eigenvalue weighted by Gasteiger charge is -2.13. The Hall–Kier alpha value is -1.51. The topological polar surface area (TPSA) is 38.3 Å². The highest BCUT2D eigenvalue weighted by Crippen LogP contribution is 2.26. The molecule has 100 valence electrons. The van der Waals surface area contributed by atoms with E-state index in [9.17, 15) is 4.79 Å². The summed E-state index contributed by atoms with van der Waals surface area (Å²) in [6.45, 7) is 9.51. The maximum Gasteiger partial charge on any atom is 0.163 e. The molecule has 18 heavy (non-hydrogen) atoms. The van der Waals surface area contributed by atoms with Crippen LogP contribution in [0.5, 0.6) is 5.75 Å². The van der Waals surface area contributed by atoms with Gasteiger partial charge in [-0.25, -0.2) is 0 Å². The van der Waals surface area contributed by atoms with Crippen LogP contribution in [-0.2, 0) is 0 Å². The van der Waals surface area contributed by atoms with Crippen molar-refractivity contribution >= 4 is 11.5 Å². The molecule has 0 aromatic heterocycles. The van der Waals surface area contributed by atoms with Crippen LogP contribution in [0, 0.1) is 5.92 Å². The van der Waals surface area contributed by atoms with Crippen molar-refractivity contribution in [1.29, 1.82) is 0 Å². The van der Waals surface area contributed by atoms with E-state index in [1.807, 2.05) is 32.0 Å². The maximum atomic E-state index is 12.0. The summed E-state index contributed by atoms with van der Waals surface area (Å²) in [4.78, 5) is 12.0. The molecule has 0 fully saturated rings. The molecule has 3 heteroatoms. The van der Waals surface area contributed by atoms with Gasteiger partial charge in [0.05, 0.1) is 12.3 Å². The van der Waals surface area contributed by atoms with Gasteiger partial charge in [0.1, 0.15) is 5.75 Å². The van der Waals surface area contributed by atoms with E-state index < -0.39 is 0 Å². The van der Waals surface area contributed by atoms with Gasteiger partial charge in [0.2, 0.25) is 0 Å². The van der Waals surface area contributed by atoms with Crippen molar-refractivity contribution in [3.05, 3.63) is 23.8 Å². The number of carbonyl (C=O) groups is 1. The van der Waals surface area contributed by atoms with Gasteiger partial charge in [-0.1, -0.05) is 13.8 Å². The van der Waals surface area contributed by atoms with Crippen LogP contribution in [-0.4, -0.2) is 18.9 Å². The SMILES string of the molecule is CCNc1cc(C(=O)CC(C)C)ccc1OCC. The lowest BCUT2D eigenvalue weighted by atomic mass is 10.0. The van der Waals surface area contributed by atoms with Gasteiger partial charge in [0.25, 0.3) is 0 Å². The molecule has 0 aliphatic carbocycles. The van der Waals surface area contributed by atoms with Gasteiger partial charge in [0, 0.05) is 18.5 Å². The maximum absolute atomic E-state index is 12.0. The lowest BCUT2D eigenvalue weighted by Crippen LogP contribution is -2.06. The summed E-state index contributed by atoms with van der Waals surface area (Å²) >= 11 is 0. The Morgan fingerprint density at radius 2 is 2.06 bits per heavy atom. The molecule has 0 saturated carbocycles. The van der Waals surface area contributed by atoms with Crippen LogP contribution in [0.3, 0.4) is 0 Å². The van der Waals surface area contributed by atoms with Crippen molar-refractivity contribution in [2.75, 3.05) is 18.5 Å². The molecule has 1 aromatic rings. The Kier molecular flexibility index (Phi) is 5.69. The first-order chi connectivity index (χ1) is 8.58. The number of hydrogen-bond donors (Lipinski definition) is 1. The van der Waals surface area contributed by atoms with Crippen LogP contribution in [0.4, 0.5) is 5.69 Å². The molecule has 0 atom stereocenters. The zero-order valence-corrected chi connectivity index (χ0v) is 11.7. The van der Waals surface area contributed by atoms with Gasteiger partial charge in [-0.05, 0) is 38.0 Å². The summed E-state index contributed by atoms with van der Waals surface area (Å²) in [6.07, 6.45) is 0.583. The van der Waals surface area contributed by atoms with E-state index >= 15 is 0 Å². The molecular weight excluding hydrogens is 226 g/mol. The molecule has 0 radical (unpaired) electrons. The Morgan fingerprint density at radius 3 is 2.61 bits per heavy atom. The zero-order valence-electron chi connectivity index (χ0n) is 11.7. The first-order valence-electron chi connectivity index (χ1n) is 6.62. The molecule has 0 heterocycles. The number of anilines is 1. The second-order valence-corrected chi connectivity index (χ2v) is 4.70. The van der Waals surface area contributed by atoms with E-state index in [2.05, 4.69) is 19.2 Å². The highest BCUT2D eigenvalue weighted by Gasteiger charge is 2.11. The average Bonchev–Trinajstić information content (AvgIpc) is 2.31. The number of hydrogen-bond acceptors (Lipinski definition) is 3. The smallest absolute Gasteiger partial charge is 0.163 e. The second kappa shape index (κ2) is 7.04. The summed E-state index contributed by atoms with van der Waals surface area (Å²) in [5.74, 6) is 1.37. The molecular formula is C15H23NO2. The number of benzene rings is 1. The van der Waals surface area contributed by atoms with Crippen molar-refractivity contribution in [3.8, 4) is 5.75 Å². The van der Waals surface area contributed by atoms with Gasteiger partial charge in [0.15, 0.2) is 5.78 Å². The van der Waals surface area contributed by atoms with Crippen LogP contribution in [0.15, 0.2) is 18.2 Å². The van der Waals surface area contributed by atoms with Gasteiger partial charge >= 0.3 is 0 Å². The molecule has 0 bridgehead atoms. The molecule has 0 aliphatic heterocycles. The van der Waals surface area contributed by atoms with Crippen LogP contribution in [0.2, 0.25) is 0 Å². The third-order valence-corrected chi connectivity index (χ3v) is 2.56. The van der Waals surface area contributed by atoms with Gasteiger partial charge < -0.3 is 10.1 Å².